The van der Waals surface area contributed by atoms with Gasteiger partial charge in [-0.25, -0.2) is 4.79 Å². The number of hydrogen-bond acceptors (Lipinski definition) is 3. The van der Waals surface area contributed by atoms with Gasteiger partial charge in [0.2, 0.25) is 0 Å². The number of rotatable bonds is 5. The van der Waals surface area contributed by atoms with Crippen LogP contribution in [0.25, 0.3) is 0 Å². The zero-order chi connectivity index (χ0) is 17.8. The Labute approximate surface area is 149 Å². The number of carbonyl (C=O) groups is 1. The zero-order valence-electron chi connectivity index (χ0n) is 15.3. The predicted molar refractivity (Wildman–Crippen MR) is 101 cm³/mol. The molecule has 6 nitrogen and oxygen atoms in total. The number of nitrogens with one attached hydrogen (secondary N) is 1. The monoisotopic (exact) mass is 341 g/mol. The van der Waals surface area contributed by atoms with E-state index in [0.29, 0.717) is 5.92 Å². The first kappa shape index (κ1) is 17.3. The van der Waals surface area contributed by atoms with E-state index in [9.17, 15) is 4.79 Å². The second kappa shape index (κ2) is 7.59. The molecule has 0 radical (unpaired) electrons. The number of aryl methyl sites for hydroxylation is 1. The third-order valence-electron chi connectivity index (χ3n) is 4.87. The summed E-state index contributed by atoms with van der Waals surface area (Å²) >= 11 is 0. The molecule has 2 amide bonds. The quantitative estimate of drug-likeness (QED) is 0.910. The van der Waals surface area contributed by atoms with Crippen molar-refractivity contribution in [3.05, 3.63) is 42.2 Å². The fourth-order valence-electron chi connectivity index (χ4n) is 3.30. The number of likely N-dealkylation sites (tertiary alicyclic amines) is 1. The van der Waals surface area contributed by atoms with Crippen molar-refractivity contribution >= 4 is 17.4 Å². The Bertz CT molecular complexity index is 726. The van der Waals surface area contributed by atoms with Crippen molar-refractivity contribution in [2.24, 2.45) is 13.0 Å². The van der Waals surface area contributed by atoms with Crippen LogP contribution in [0.4, 0.5) is 16.2 Å². The Kier molecular flexibility index (Phi) is 5.26. The van der Waals surface area contributed by atoms with Gasteiger partial charge in [0, 0.05) is 51.3 Å². The maximum atomic E-state index is 12.6. The van der Waals surface area contributed by atoms with Crippen LogP contribution in [0.2, 0.25) is 0 Å². The normalized spacial score (nSPS) is 16.9. The second-order valence-electron chi connectivity index (χ2n) is 6.82. The van der Waals surface area contributed by atoms with Crippen LogP contribution in [0.5, 0.6) is 0 Å². The van der Waals surface area contributed by atoms with Crippen LogP contribution in [-0.4, -0.2) is 47.4 Å². The number of carbonyl (C=O) groups excluding carboxylic acids is 1. The molecule has 6 heteroatoms. The second-order valence-corrected chi connectivity index (χ2v) is 6.82. The highest BCUT2D eigenvalue weighted by atomic mass is 16.2. The third-order valence-corrected chi connectivity index (χ3v) is 4.87. The minimum absolute atomic E-state index is 0.00927. The SMILES string of the molecule is CCN(C)c1cccc(NC(=O)N2CC[C@H](Cc3cnn(C)c3)C2)c1. The van der Waals surface area contributed by atoms with E-state index in [4.69, 9.17) is 0 Å². The van der Waals surface area contributed by atoms with Gasteiger partial charge in [-0.2, -0.15) is 5.10 Å². The largest absolute Gasteiger partial charge is 0.375 e. The molecular weight excluding hydrogens is 314 g/mol. The van der Waals surface area contributed by atoms with E-state index in [-0.39, 0.29) is 6.03 Å². The van der Waals surface area contributed by atoms with Gasteiger partial charge in [0.05, 0.1) is 6.20 Å². The molecule has 1 aromatic carbocycles. The molecule has 0 bridgehead atoms. The lowest BCUT2D eigenvalue weighted by Crippen LogP contribution is -2.33. The van der Waals surface area contributed by atoms with Crippen molar-refractivity contribution in [2.45, 2.75) is 19.8 Å². The molecule has 2 aromatic rings. The number of nitrogens with zero attached hydrogens (tertiary/aromatic N) is 4. The molecule has 1 saturated heterocycles. The highest BCUT2D eigenvalue weighted by molar-refractivity contribution is 5.90. The van der Waals surface area contributed by atoms with Crippen molar-refractivity contribution in [1.29, 1.82) is 0 Å². The molecule has 0 unspecified atom stereocenters. The van der Waals surface area contributed by atoms with Gasteiger partial charge in [-0.3, -0.25) is 4.68 Å². The highest BCUT2D eigenvalue weighted by Crippen LogP contribution is 2.23. The smallest absolute Gasteiger partial charge is 0.321 e. The summed E-state index contributed by atoms with van der Waals surface area (Å²) in [6, 6.07) is 7.98. The first-order valence-corrected chi connectivity index (χ1v) is 8.89. The number of aromatic nitrogens is 2. The summed E-state index contributed by atoms with van der Waals surface area (Å²) in [6.45, 7) is 4.65. The van der Waals surface area contributed by atoms with Crippen LogP contribution < -0.4 is 10.2 Å². The van der Waals surface area contributed by atoms with Crippen LogP contribution in [0.3, 0.4) is 0 Å². The molecule has 0 saturated carbocycles. The van der Waals surface area contributed by atoms with E-state index in [1.165, 1.54) is 5.56 Å². The molecule has 1 aromatic heterocycles. The van der Waals surface area contributed by atoms with Crippen LogP contribution in [0.15, 0.2) is 36.7 Å². The summed E-state index contributed by atoms with van der Waals surface area (Å²) in [4.78, 5) is 16.6. The number of urea groups is 1. The molecular formula is C19H27N5O. The summed E-state index contributed by atoms with van der Waals surface area (Å²) < 4.78 is 1.83. The Morgan fingerprint density at radius 3 is 3.00 bits per heavy atom. The molecule has 1 fully saturated rings. The Balaban J connectivity index is 1.55. The number of hydrogen-bond donors (Lipinski definition) is 1. The summed E-state index contributed by atoms with van der Waals surface area (Å²) in [5.74, 6) is 0.507. The van der Waals surface area contributed by atoms with Crippen LogP contribution in [-0.2, 0) is 13.5 Å². The van der Waals surface area contributed by atoms with Crippen molar-refractivity contribution < 1.29 is 4.79 Å². The third kappa shape index (κ3) is 4.32. The minimum atomic E-state index is -0.00927. The van der Waals surface area contributed by atoms with E-state index in [2.05, 4.69) is 34.5 Å². The van der Waals surface area contributed by atoms with Crippen LogP contribution in [0, 0.1) is 5.92 Å². The molecule has 134 valence electrons. The highest BCUT2D eigenvalue weighted by Gasteiger charge is 2.26. The Morgan fingerprint density at radius 2 is 2.28 bits per heavy atom. The lowest BCUT2D eigenvalue weighted by atomic mass is 10.0. The minimum Gasteiger partial charge on any atom is -0.375 e. The van der Waals surface area contributed by atoms with E-state index in [0.717, 1.165) is 43.9 Å². The topological polar surface area (TPSA) is 53.4 Å². The fourth-order valence-corrected chi connectivity index (χ4v) is 3.30. The molecule has 1 aliphatic heterocycles. The van der Waals surface area contributed by atoms with E-state index in [1.807, 2.05) is 48.1 Å². The van der Waals surface area contributed by atoms with E-state index < -0.39 is 0 Å². The van der Waals surface area contributed by atoms with Crippen molar-refractivity contribution in [3.8, 4) is 0 Å². The molecule has 1 N–H and O–H groups in total. The lowest BCUT2D eigenvalue weighted by Gasteiger charge is -2.20. The molecule has 25 heavy (non-hydrogen) atoms. The average Bonchev–Trinajstić information content (AvgIpc) is 3.24. The number of anilines is 2. The van der Waals surface area contributed by atoms with Gasteiger partial charge in [-0.05, 0) is 49.4 Å². The number of benzene rings is 1. The van der Waals surface area contributed by atoms with Crippen LogP contribution >= 0.6 is 0 Å². The van der Waals surface area contributed by atoms with E-state index >= 15 is 0 Å². The average molecular weight is 341 g/mol. The molecule has 1 aliphatic rings. The van der Waals surface area contributed by atoms with Gasteiger partial charge >= 0.3 is 6.03 Å². The van der Waals surface area contributed by atoms with Gasteiger partial charge in [-0.1, -0.05) is 6.07 Å². The Morgan fingerprint density at radius 1 is 1.44 bits per heavy atom. The molecule has 0 spiro atoms. The van der Waals surface area contributed by atoms with Crippen molar-refractivity contribution in [2.75, 3.05) is 36.9 Å². The van der Waals surface area contributed by atoms with Gasteiger partial charge < -0.3 is 15.1 Å². The van der Waals surface area contributed by atoms with Gasteiger partial charge in [0.25, 0.3) is 0 Å². The van der Waals surface area contributed by atoms with Gasteiger partial charge in [0.1, 0.15) is 0 Å². The first-order chi connectivity index (χ1) is 12.0. The van der Waals surface area contributed by atoms with Crippen LogP contribution in [0.1, 0.15) is 18.9 Å². The summed E-state index contributed by atoms with van der Waals surface area (Å²) in [5, 5.41) is 7.25. The van der Waals surface area contributed by atoms with Gasteiger partial charge in [-0.15, -0.1) is 0 Å². The zero-order valence-corrected chi connectivity index (χ0v) is 15.3. The molecule has 0 aliphatic carbocycles. The molecule has 1 atom stereocenters. The fraction of sp³-hybridized carbons (Fsp3) is 0.474. The molecule has 2 heterocycles. The maximum absolute atomic E-state index is 12.6. The maximum Gasteiger partial charge on any atom is 0.321 e. The van der Waals surface area contributed by atoms with Crippen molar-refractivity contribution in [3.63, 3.8) is 0 Å². The molecule has 3 rings (SSSR count). The summed E-state index contributed by atoms with van der Waals surface area (Å²) in [7, 11) is 3.98. The van der Waals surface area contributed by atoms with Crippen molar-refractivity contribution in [1.82, 2.24) is 14.7 Å². The number of amides is 2. The predicted octanol–water partition coefficient (Wildman–Crippen LogP) is 2.97. The summed E-state index contributed by atoms with van der Waals surface area (Å²) in [6.07, 6.45) is 5.99. The standard InChI is InChI=1S/C19H27N5O/c1-4-22(2)18-7-5-6-17(11-18)21-19(25)24-9-8-15(14-24)10-16-12-20-23(3)13-16/h5-7,11-13,15H,4,8-10,14H2,1-3H3,(H,21,25)/t15-/m1/s1. The lowest BCUT2D eigenvalue weighted by molar-refractivity contribution is 0.221. The first-order valence-electron chi connectivity index (χ1n) is 8.89. The Hall–Kier alpha value is -2.50. The summed E-state index contributed by atoms with van der Waals surface area (Å²) in [5.41, 5.74) is 3.19. The van der Waals surface area contributed by atoms with E-state index in [1.54, 1.807) is 0 Å². The van der Waals surface area contributed by atoms with Gasteiger partial charge in [0.15, 0.2) is 0 Å².